The van der Waals surface area contributed by atoms with Crippen LogP contribution >= 0.6 is 34.7 Å². The first-order valence-corrected chi connectivity index (χ1v) is 17.5. The molecule has 242 valence electrons. The Balaban J connectivity index is 1.32. The minimum atomic E-state index is -0.387. The molecule has 0 bridgehead atoms. The molecule has 0 spiro atoms. The third kappa shape index (κ3) is 6.03. The highest BCUT2D eigenvalue weighted by atomic mass is 35.5. The van der Waals surface area contributed by atoms with Crippen molar-refractivity contribution < 1.29 is 13.9 Å². The zero-order chi connectivity index (χ0) is 31.8. The van der Waals surface area contributed by atoms with Crippen molar-refractivity contribution in [2.24, 2.45) is 9.98 Å². The maximum atomic E-state index is 14.8. The van der Waals surface area contributed by atoms with E-state index >= 15 is 0 Å². The molecule has 46 heavy (non-hydrogen) atoms. The van der Waals surface area contributed by atoms with Crippen LogP contribution < -0.4 is 21.6 Å². The molecule has 3 aliphatic heterocycles. The number of nitrogen functional groups attached to an aromatic ring is 1. The van der Waals surface area contributed by atoms with Crippen LogP contribution in [0.3, 0.4) is 0 Å². The van der Waals surface area contributed by atoms with Crippen molar-refractivity contribution in [2.45, 2.75) is 42.3 Å². The Labute approximate surface area is 278 Å². The lowest BCUT2D eigenvalue weighted by Crippen LogP contribution is -2.40. The predicted octanol–water partition coefficient (Wildman–Crippen LogP) is 4.86. The molecular weight excluding hydrogens is 651 g/mol. The Morgan fingerprint density at radius 3 is 2.89 bits per heavy atom. The third-order valence-electron chi connectivity index (χ3n) is 8.68. The number of hydrogen-bond donors (Lipinski definition) is 2. The highest BCUT2D eigenvalue weighted by molar-refractivity contribution is 7.99. The molecule has 2 aromatic carbocycles. The van der Waals surface area contributed by atoms with Crippen LogP contribution in [0.1, 0.15) is 25.3 Å². The van der Waals surface area contributed by atoms with Crippen molar-refractivity contribution in [3.63, 3.8) is 0 Å². The molecule has 2 atom stereocenters. The first-order chi connectivity index (χ1) is 22.4. The molecule has 7 rings (SSSR count). The van der Waals surface area contributed by atoms with Crippen LogP contribution in [0.5, 0.6) is 0 Å². The van der Waals surface area contributed by atoms with Crippen molar-refractivity contribution >= 4 is 72.8 Å². The number of rotatable bonds is 9. The normalized spacial score (nSPS) is 20.0. The number of thiazole rings is 1. The predicted molar refractivity (Wildman–Crippen MR) is 183 cm³/mol. The number of aromatic nitrogens is 3. The number of fused-ring (bicyclic) bond motifs is 1. The van der Waals surface area contributed by atoms with Gasteiger partial charge in [-0.25, -0.2) is 24.2 Å². The van der Waals surface area contributed by atoms with Gasteiger partial charge in [0.25, 0.3) is 0 Å². The summed E-state index contributed by atoms with van der Waals surface area (Å²) in [5, 5.41) is 4.87. The molecule has 0 radical (unpaired) electrons. The van der Waals surface area contributed by atoms with Crippen molar-refractivity contribution in [1.29, 1.82) is 0 Å². The maximum Gasteiger partial charge on any atom is 0.350 e. The molecule has 15 heteroatoms. The Kier molecular flexibility index (Phi) is 9.28. The number of benzene rings is 2. The average molecular weight is 685 g/mol. The first kappa shape index (κ1) is 31.5. The second-order valence-electron chi connectivity index (χ2n) is 11.6. The lowest BCUT2D eigenvalue weighted by molar-refractivity contribution is 0.0480. The summed E-state index contributed by atoms with van der Waals surface area (Å²) in [6.45, 7) is 4.50. The van der Waals surface area contributed by atoms with E-state index in [1.807, 2.05) is 6.07 Å². The summed E-state index contributed by atoms with van der Waals surface area (Å²) >= 11 is 9.86. The number of nitrogens with one attached hydrogen (secondary N) is 1. The van der Waals surface area contributed by atoms with E-state index in [1.165, 1.54) is 6.07 Å². The number of anilines is 2. The third-order valence-corrected chi connectivity index (χ3v) is 11.1. The summed E-state index contributed by atoms with van der Waals surface area (Å²) in [7, 11) is 1.64. The number of thioether (sulfide) groups is 1. The van der Waals surface area contributed by atoms with E-state index in [0.717, 1.165) is 59.5 Å². The first-order valence-electron chi connectivity index (χ1n) is 15.4. The lowest BCUT2D eigenvalue weighted by atomic mass is 10.0. The fourth-order valence-electron chi connectivity index (χ4n) is 6.40. The molecule has 0 amide bonds. The Morgan fingerprint density at radius 1 is 1.26 bits per heavy atom. The molecule has 0 aliphatic carbocycles. The standard InChI is InChI=1S/C31H34ClFN8O3S2/c1-43-11-8-36-16-37-17-5-9-40(10-6-17)29-21-12-22(32)24(20-2-3-23(33)27-25(20)38-30(34)46-27)28-26(21)41(31(42)39-29)18(15-45-28)14-44-19-4-7-35-13-19/h2-3,12,17-19,35H,4-11,13-15H2,1H3,(H2,34,38)/t18-,19?/m0/s1. The van der Waals surface area contributed by atoms with E-state index in [4.69, 9.17) is 26.8 Å². The van der Waals surface area contributed by atoms with E-state index in [-0.39, 0.29) is 34.8 Å². The summed E-state index contributed by atoms with van der Waals surface area (Å²) in [6.07, 6.45) is 2.60. The van der Waals surface area contributed by atoms with Gasteiger partial charge < -0.3 is 25.4 Å². The van der Waals surface area contributed by atoms with Crippen LogP contribution in [-0.4, -0.2) is 91.5 Å². The van der Waals surface area contributed by atoms with Gasteiger partial charge in [0.1, 0.15) is 11.6 Å². The van der Waals surface area contributed by atoms with Crippen molar-refractivity contribution in [3.8, 4) is 11.1 Å². The molecule has 1 unspecified atom stereocenters. The van der Waals surface area contributed by atoms with Crippen LogP contribution in [0.15, 0.2) is 37.9 Å². The number of methoxy groups -OCH3 is 1. The molecule has 5 heterocycles. The van der Waals surface area contributed by atoms with Gasteiger partial charge in [0.05, 0.1) is 64.7 Å². The number of halogens is 2. The summed E-state index contributed by atoms with van der Waals surface area (Å²) < 4.78 is 28.2. The number of hydrogen-bond acceptors (Lipinski definition) is 12. The van der Waals surface area contributed by atoms with Crippen LogP contribution in [0.4, 0.5) is 15.3 Å². The molecule has 3 aliphatic rings. The Bertz CT molecular complexity index is 1900. The smallest absolute Gasteiger partial charge is 0.350 e. The average Bonchev–Trinajstić information content (AvgIpc) is 3.73. The zero-order valence-corrected chi connectivity index (χ0v) is 27.7. The monoisotopic (exact) mass is 684 g/mol. The minimum Gasteiger partial charge on any atom is -0.383 e. The molecular formula is C31H34ClFN8O3S2. The summed E-state index contributed by atoms with van der Waals surface area (Å²) in [4.78, 5) is 34.8. The van der Waals surface area contributed by atoms with Crippen LogP contribution in [0.25, 0.3) is 32.2 Å². The van der Waals surface area contributed by atoms with Gasteiger partial charge in [-0.15, -0.1) is 11.8 Å². The topological polar surface area (TPSA) is 132 Å². The SMILES string of the molecule is COCCN=C=NC1CCN(c2nc(=O)n3c4c(c(-c5ccc(F)c6sc(N)nc56)c(Cl)cc24)SC[C@@H]3COC2CCNC2)CC1. The lowest BCUT2D eigenvalue weighted by Gasteiger charge is -2.34. The Hall–Kier alpha value is -3.10. The highest BCUT2D eigenvalue weighted by Crippen LogP contribution is 2.49. The number of nitrogens with two attached hydrogens (primary N) is 1. The van der Waals surface area contributed by atoms with E-state index in [9.17, 15) is 9.18 Å². The fraction of sp³-hybridized carbons (Fsp3) is 0.484. The van der Waals surface area contributed by atoms with Crippen molar-refractivity contribution in [1.82, 2.24) is 19.9 Å². The quantitative estimate of drug-likeness (QED) is 0.187. The highest BCUT2D eigenvalue weighted by Gasteiger charge is 2.33. The number of ether oxygens (including phenoxy) is 2. The van der Waals surface area contributed by atoms with Crippen molar-refractivity contribution in [2.75, 3.05) is 69.4 Å². The van der Waals surface area contributed by atoms with Gasteiger partial charge in [0.15, 0.2) is 5.13 Å². The number of piperidine rings is 1. The van der Waals surface area contributed by atoms with E-state index in [0.29, 0.717) is 70.8 Å². The number of aliphatic imine (C=N–C) groups is 2. The van der Waals surface area contributed by atoms with Crippen LogP contribution in [0, 0.1) is 5.82 Å². The van der Waals surface area contributed by atoms with Gasteiger partial charge in [0.2, 0.25) is 0 Å². The zero-order valence-electron chi connectivity index (χ0n) is 25.3. The largest absolute Gasteiger partial charge is 0.383 e. The van der Waals surface area contributed by atoms with E-state index in [1.54, 1.807) is 29.5 Å². The van der Waals surface area contributed by atoms with E-state index < -0.39 is 0 Å². The molecule has 4 aromatic rings. The summed E-state index contributed by atoms with van der Waals surface area (Å²) in [5.41, 5.74) is 8.29. The Morgan fingerprint density at radius 2 is 2.11 bits per heavy atom. The van der Waals surface area contributed by atoms with Crippen molar-refractivity contribution in [3.05, 3.63) is 39.5 Å². The van der Waals surface area contributed by atoms with E-state index in [2.05, 4.69) is 36.2 Å². The van der Waals surface area contributed by atoms with Crippen LogP contribution in [-0.2, 0) is 9.47 Å². The van der Waals surface area contributed by atoms with Gasteiger partial charge >= 0.3 is 5.69 Å². The number of nitrogens with zero attached hydrogens (tertiary/aromatic N) is 6. The molecule has 3 N–H and O–H groups in total. The van der Waals surface area contributed by atoms with Gasteiger partial charge in [-0.3, -0.25) is 4.57 Å². The van der Waals surface area contributed by atoms with Gasteiger partial charge in [-0.1, -0.05) is 22.9 Å². The molecule has 2 saturated heterocycles. The molecule has 2 aromatic heterocycles. The van der Waals surface area contributed by atoms with Crippen LogP contribution in [0.2, 0.25) is 5.02 Å². The fourth-order valence-corrected chi connectivity index (χ4v) is 8.84. The van der Waals surface area contributed by atoms with Gasteiger partial charge in [0, 0.05) is 53.9 Å². The second-order valence-corrected chi connectivity index (χ2v) is 14.1. The van der Waals surface area contributed by atoms with Gasteiger partial charge in [-0.2, -0.15) is 4.98 Å². The molecule has 2 fully saturated rings. The molecule has 0 saturated carbocycles. The maximum absolute atomic E-state index is 14.8. The van der Waals surface area contributed by atoms with Gasteiger partial charge in [-0.05, 0) is 44.0 Å². The minimum absolute atomic E-state index is 0.0902. The second kappa shape index (κ2) is 13.6. The summed E-state index contributed by atoms with van der Waals surface area (Å²) in [6, 6.07) is 7.68. The summed E-state index contributed by atoms with van der Waals surface area (Å²) in [5.74, 6) is 0.809. The molecule has 11 nitrogen and oxygen atoms in total.